The van der Waals surface area contributed by atoms with Crippen molar-refractivity contribution in [2.24, 2.45) is 0 Å². The average Bonchev–Trinajstić information content (AvgIpc) is 3.22. The summed E-state index contributed by atoms with van der Waals surface area (Å²) in [7, 11) is -3.99. The van der Waals surface area contributed by atoms with Crippen LogP contribution in [0.1, 0.15) is 5.82 Å². The Kier molecular flexibility index (Phi) is 5.71. The Morgan fingerprint density at radius 2 is 1.71 bits per heavy atom. The lowest BCUT2D eigenvalue weighted by Gasteiger charge is -2.33. The molecule has 0 saturated carbocycles. The highest BCUT2D eigenvalue weighted by molar-refractivity contribution is 7.89. The third-order valence-corrected chi connectivity index (χ3v) is 6.93. The van der Waals surface area contributed by atoms with Crippen LogP contribution in [0.3, 0.4) is 0 Å². The van der Waals surface area contributed by atoms with Gasteiger partial charge in [-0.3, -0.25) is 15.0 Å². The number of hydrogen-bond donors (Lipinski definition) is 0. The van der Waals surface area contributed by atoms with Gasteiger partial charge >= 0.3 is 0 Å². The Hall–Kier alpha value is -3.29. The largest absolute Gasteiger partial charge is 0.293 e. The molecular formula is C18H18FN7O4S. The number of piperazine rings is 1. The van der Waals surface area contributed by atoms with Crippen molar-refractivity contribution in [1.82, 2.24) is 29.4 Å². The minimum absolute atomic E-state index is 0.173. The molecule has 0 spiro atoms. The number of halogens is 1. The second kappa shape index (κ2) is 8.45. The predicted octanol–water partition coefficient (Wildman–Crippen LogP) is 1.22. The van der Waals surface area contributed by atoms with Gasteiger partial charge in [0, 0.05) is 32.2 Å². The van der Waals surface area contributed by atoms with E-state index in [2.05, 4.69) is 15.5 Å². The Morgan fingerprint density at radius 3 is 2.39 bits per heavy atom. The molecule has 0 radical (unpaired) electrons. The van der Waals surface area contributed by atoms with Gasteiger partial charge in [-0.15, -0.1) is 5.10 Å². The summed E-state index contributed by atoms with van der Waals surface area (Å²) in [6.07, 6.45) is 0. The summed E-state index contributed by atoms with van der Waals surface area (Å²) in [6.45, 7) is 1.51. The molecule has 0 unspecified atom stereocenters. The quantitative estimate of drug-likeness (QED) is 0.408. The molecule has 2 heterocycles. The van der Waals surface area contributed by atoms with Gasteiger partial charge in [-0.25, -0.2) is 12.8 Å². The number of benzene rings is 2. The van der Waals surface area contributed by atoms with Gasteiger partial charge in [0.25, 0.3) is 5.69 Å². The van der Waals surface area contributed by atoms with Crippen molar-refractivity contribution in [2.75, 3.05) is 26.2 Å². The van der Waals surface area contributed by atoms with E-state index < -0.39 is 20.6 Å². The fourth-order valence-electron chi connectivity index (χ4n) is 3.38. The Morgan fingerprint density at radius 1 is 1.03 bits per heavy atom. The van der Waals surface area contributed by atoms with E-state index in [0.29, 0.717) is 31.1 Å². The van der Waals surface area contributed by atoms with Crippen LogP contribution in [0.5, 0.6) is 0 Å². The second-order valence-electron chi connectivity index (χ2n) is 6.89. The van der Waals surface area contributed by atoms with Crippen LogP contribution in [0.4, 0.5) is 10.1 Å². The number of aromatic nitrogens is 4. The first-order valence-corrected chi connectivity index (χ1v) is 10.8. The molecule has 3 aromatic rings. The Balaban J connectivity index is 1.45. The maximum atomic E-state index is 13.2. The number of rotatable bonds is 6. The molecule has 0 amide bonds. The highest BCUT2D eigenvalue weighted by atomic mass is 32.2. The first kappa shape index (κ1) is 21.0. The maximum absolute atomic E-state index is 13.2. The molecule has 1 saturated heterocycles. The number of para-hydroxylation sites is 1. The number of nitro groups is 1. The summed E-state index contributed by atoms with van der Waals surface area (Å²) in [5.41, 5.74) is 0.169. The number of sulfonamides is 1. The zero-order valence-corrected chi connectivity index (χ0v) is 17.0. The van der Waals surface area contributed by atoms with Crippen molar-refractivity contribution in [3.63, 3.8) is 0 Å². The molecule has 11 nitrogen and oxygen atoms in total. The summed E-state index contributed by atoms with van der Waals surface area (Å²) >= 11 is 0. The van der Waals surface area contributed by atoms with Crippen LogP contribution in [0.2, 0.25) is 0 Å². The zero-order chi connectivity index (χ0) is 22.0. The summed E-state index contributed by atoms with van der Waals surface area (Å²) in [6, 6.07) is 11.1. The van der Waals surface area contributed by atoms with Gasteiger partial charge in [-0.2, -0.15) is 8.99 Å². The van der Waals surface area contributed by atoms with Gasteiger partial charge in [-0.05, 0) is 40.8 Å². The molecule has 0 bridgehead atoms. The molecule has 1 aliphatic heterocycles. The van der Waals surface area contributed by atoms with Crippen LogP contribution >= 0.6 is 0 Å². The van der Waals surface area contributed by atoms with E-state index in [4.69, 9.17) is 0 Å². The van der Waals surface area contributed by atoms with Gasteiger partial charge in [0.1, 0.15) is 5.82 Å². The zero-order valence-electron chi connectivity index (χ0n) is 16.2. The minimum Gasteiger partial charge on any atom is -0.293 e. The SMILES string of the molecule is O=[N+]([O-])c1ccccc1S(=O)(=O)N1CCN(Cc2nnnn2-c2ccc(F)cc2)CC1. The van der Waals surface area contributed by atoms with E-state index in [-0.39, 0.29) is 23.8 Å². The highest BCUT2D eigenvalue weighted by Crippen LogP contribution is 2.27. The van der Waals surface area contributed by atoms with Gasteiger partial charge < -0.3 is 0 Å². The number of tetrazole rings is 1. The number of hydrogen-bond acceptors (Lipinski definition) is 8. The molecule has 0 aliphatic carbocycles. The van der Waals surface area contributed by atoms with Gasteiger partial charge in [0.05, 0.1) is 17.2 Å². The Labute approximate surface area is 176 Å². The highest BCUT2D eigenvalue weighted by Gasteiger charge is 2.33. The van der Waals surface area contributed by atoms with Gasteiger partial charge in [0.2, 0.25) is 10.0 Å². The van der Waals surface area contributed by atoms with Crippen LogP contribution in [-0.4, -0.2) is 68.9 Å². The van der Waals surface area contributed by atoms with Crippen molar-refractivity contribution in [3.8, 4) is 5.69 Å². The molecule has 31 heavy (non-hydrogen) atoms. The summed E-state index contributed by atoms with van der Waals surface area (Å²) in [4.78, 5) is 12.2. The smallest absolute Gasteiger partial charge is 0.289 e. The Bertz CT molecular complexity index is 1190. The van der Waals surface area contributed by atoms with Crippen molar-refractivity contribution in [3.05, 3.63) is 70.3 Å². The monoisotopic (exact) mass is 447 g/mol. The van der Waals surface area contributed by atoms with Crippen LogP contribution in [0.15, 0.2) is 53.4 Å². The third-order valence-electron chi connectivity index (χ3n) is 4.98. The van der Waals surface area contributed by atoms with Gasteiger partial charge in [0.15, 0.2) is 10.7 Å². The summed E-state index contributed by atoms with van der Waals surface area (Å²) in [5, 5.41) is 22.9. The van der Waals surface area contributed by atoms with E-state index in [1.54, 1.807) is 12.1 Å². The fraction of sp³-hybridized carbons (Fsp3) is 0.278. The first-order valence-electron chi connectivity index (χ1n) is 9.35. The lowest BCUT2D eigenvalue weighted by Crippen LogP contribution is -2.48. The fourth-order valence-corrected chi connectivity index (χ4v) is 4.96. The molecule has 0 N–H and O–H groups in total. The molecular weight excluding hydrogens is 429 g/mol. The maximum Gasteiger partial charge on any atom is 0.289 e. The molecule has 0 atom stereocenters. The third kappa shape index (κ3) is 4.28. The average molecular weight is 447 g/mol. The lowest BCUT2D eigenvalue weighted by molar-refractivity contribution is -0.387. The van der Waals surface area contributed by atoms with Gasteiger partial charge in [-0.1, -0.05) is 12.1 Å². The standard InChI is InChI=1S/C18H18FN7O4S/c19-14-5-7-15(8-6-14)25-18(20-21-22-25)13-23-9-11-24(12-10-23)31(29,30)17-4-2-1-3-16(17)26(27)28/h1-8H,9-13H2. The second-order valence-corrected chi connectivity index (χ2v) is 8.79. The lowest BCUT2D eigenvalue weighted by atomic mass is 10.3. The molecule has 1 aliphatic rings. The van der Waals surface area contributed by atoms with Crippen molar-refractivity contribution >= 4 is 15.7 Å². The van der Waals surface area contributed by atoms with Crippen molar-refractivity contribution in [2.45, 2.75) is 11.4 Å². The van der Waals surface area contributed by atoms with E-state index in [1.807, 2.05) is 4.90 Å². The molecule has 2 aromatic carbocycles. The van der Waals surface area contributed by atoms with Crippen LogP contribution in [-0.2, 0) is 16.6 Å². The molecule has 4 rings (SSSR count). The summed E-state index contributed by atoms with van der Waals surface area (Å²) < 4.78 is 41.8. The van der Waals surface area contributed by atoms with Crippen molar-refractivity contribution < 1.29 is 17.7 Å². The number of nitro benzene ring substituents is 1. The van der Waals surface area contributed by atoms with Crippen LogP contribution in [0, 0.1) is 15.9 Å². The van der Waals surface area contributed by atoms with Crippen LogP contribution < -0.4 is 0 Å². The first-order chi connectivity index (χ1) is 14.9. The summed E-state index contributed by atoms with van der Waals surface area (Å²) in [5.74, 6) is 0.163. The minimum atomic E-state index is -3.99. The molecule has 1 fully saturated rings. The van der Waals surface area contributed by atoms with Crippen molar-refractivity contribution in [1.29, 1.82) is 0 Å². The van der Waals surface area contributed by atoms with E-state index in [9.17, 15) is 22.9 Å². The van der Waals surface area contributed by atoms with E-state index >= 15 is 0 Å². The normalized spacial score (nSPS) is 15.8. The molecule has 162 valence electrons. The number of nitrogens with zero attached hydrogens (tertiary/aromatic N) is 7. The van der Waals surface area contributed by atoms with E-state index in [0.717, 1.165) is 0 Å². The predicted molar refractivity (Wildman–Crippen MR) is 106 cm³/mol. The topological polar surface area (TPSA) is 127 Å². The van der Waals surface area contributed by atoms with Crippen LogP contribution in [0.25, 0.3) is 5.69 Å². The molecule has 13 heteroatoms. The molecule has 1 aromatic heterocycles. The van der Waals surface area contributed by atoms with E-state index in [1.165, 1.54) is 45.4 Å².